The van der Waals surface area contributed by atoms with Gasteiger partial charge < -0.3 is 19.9 Å². The zero-order valence-electron chi connectivity index (χ0n) is 17.0. The fraction of sp³-hybridized carbons (Fsp3) is 0.545. The Morgan fingerprint density at radius 1 is 1.31 bits per heavy atom. The zero-order valence-corrected chi connectivity index (χ0v) is 17.0. The average Bonchev–Trinajstić information content (AvgIpc) is 3.44. The summed E-state index contributed by atoms with van der Waals surface area (Å²) in [7, 11) is 0. The molecule has 2 heterocycles. The van der Waals surface area contributed by atoms with Gasteiger partial charge >= 0.3 is 5.97 Å². The Morgan fingerprint density at radius 2 is 2.07 bits per heavy atom. The molecule has 2 aliphatic rings. The van der Waals surface area contributed by atoms with Crippen LogP contribution in [0.5, 0.6) is 0 Å². The van der Waals surface area contributed by atoms with E-state index >= 15 is 4.39 Å². The summed E-state index contributed by atoms with van der Waals surface area (Å²) in [5.74, 6) is -1.07. The van der Waals surface area contributed by atoms with Crippen LogP contribution in [-0.4, -0.2) is 36.3 Å². The van der Waals surface area contributed by atoms with Gasteiger partial charge in [-0.25, -0.2) is 9.18 Å². The number of carbonyl (C=O) groups is 1. The van der Waals surface area contributed by atoms with Crippen LogP contribution >= 0.6 is 0 Å². The lowest BCUT2D eigenvalue weighted by molar-refractivity contribution is 0.0524. The van der Waals surface area contributed by atoms with Gasteiger partial charge in [0, 0.05) is 42.3 Å². The van der Waals surface area contributed by atoms with Gasteiger partial charge in [-0.1, -0.05) is 13.3 Å². The van der Waals surface area contributed by atoms with Crippen molar-refractivity contribution in [2.24, 2.45) is 5.73 Å². The molecule has 0 amide bonds. The minimum atomic E-state index is -0.652. The van der Waals surface area contributed by atoms with Gasteiger partial charge in [0.2, 0.25) is 5.43 Å². The van der Waals surface area contributed by atoms with E-state index in [0.717, 1.165) is 36.8 Å². The minimum Gasteiger partial charge on any atom is -0.462 e. The molecule has 7 heteroatoms. The maximum atomic E-state index is 15.3. The lowest BCUT2D eigenvalue weighted by Crippen LogP contribution is -2.28. The van der Waals surface area contributed by atoms with Crippen molar-refractivity contribution >= 4 is 22.6 Å². The lowest BCUT2D eigenvalue weighted by Gasteiger charge is -2.25. The maximum absolute atomic E-state index is 15.3. The molecule has 1 aromatic carbocycles. The summed E-state index contributed by atoms with van der Waals surface area (Å²) in [6.07, 6.45) is 5.88. The second kappa shape index (κ2) is 7.78. The Hall–Kier alpha value is -2.41. The van der Waals surface area contributed by atoms with Crippen LogP contribution < -0.4 is 16.1 Å². The summed E-state index contributed by atoms with van der Waals surface area (Å²) in [6, 6.07) is 1.55. The van der Waals surface area contributed by atoms with E-state index in [1.165, 1.54) is 6.07 Å². The number of hydrogen-bond donors (Lipinski definition) is 1. The predicted octanol–water partition coefficient (Wildman–Crippen LogP) is 3.14. The van der Waals surface area contributed by atoms with Gasteiger partial charge in [-0.05, 0) is 38.7 Å². The molecule has 0 bridgehead atoms. The first-order valence-corrected chi connectivity index (χ1v) is 10.5. The maximum Gasteiger partial charge on any atom is 0.343 e. The Balaban J connectivity index is 2.01. The van der Waals surface area contributed by atoms with Crippen LogP contribution in [0.15, 0.2) is 17.1 Å². The third kappa shape index (κ3) is 3.52. The number of fused-ring (bicyclic) bond motifs is 1. The highest BCUT2D eigenvalue weighted by Crippen LogP contribution is 2.41. The number of aryl methyl sites for hydroxylation is 1. The number of carbonyl (C=O) groups excluding carboxylic acids is 1. The number of pyridine rings is 1. The number of esters is 1. The monoisotopic (exact) mass is 401 g/mol. The summed E-state index contributed by atoms with van der Waals surface area (Å²) in [5.41, 5.74) is 7.74. The summed E-state index contributed by atoms with van der Waals surface area (Å²) < 4.78 is 22.4. The van der Waals surface area contributed by atoms with Crippen molar-refractivity contribution in [2.75, 3.05) is 24.6 Å². The standard InChI is InChI=1S/C22H28FN3O3/c1-3-5-15-19-16(10-18(23)20(15)25-9-8-13(24)11-25)21(27)17(22(28)29-4-2)12-26(19)14-6-7-14/h10,12-14H,3-9,11,24H2,1-2H3/t13-/m0/s1. The van der Waals surface area contributed by atoms with Crippen LogP contribution in [0, 0.1) is 5.82 Å². The van der Waals surface area contributed by atoms with E-state index < -0.39 is 17.2 Å². The second-order valence-corrected chi connectivity index (χ2v) is 8.06. The molecule has 1 aliphatic heterocycles. The smallest absolute Gasteiger partial charge is 0.343 e. The number of ether oxygens (including phenoxy) is 1. The van der Waals surface area contributed by atoms with Gasteiger partial charge in [-0.2, -0.15) is 0 Å². The summed E-state index contributed by atoms with van der Waals surface area (Å²) in [4.78, 5) is 27.5. The van der Waals surface area contributed by atoms with Crippen LogP contribution in [0.25, 0.3) is 10.9 Å². The second-order valence-electron chi connectivity index (χ2n) is 8.06. The Kier molecular flexibility index (Phi) is 5.34. The summed E-state index contributed by atoms with van der Waals surface area (Å²) in [6.45, 7) is 5.24. The number of nitrogens with zero attached hydrogens (tertiary/aromatic N) is 2. The van der Waals surface area contributed by atoms with Gasteiger partial charge in [0.15, 0.2) is 0 Å². The number of halogens is 1. The third-order valence-electron chi connectivity index (χ3n) is 5.82. The van der Waals surface area contributed by atoms with E-state index in [4.69, 9.17) is 10.5 Å². The fourth-order valence-corrected chi connectivity index (χ4v) is 4.37. The number of anilines is 1. The Labute approximate surface area is 169 Å². The van der Waals surface area contributed by atoms with Crippen LogP contribution in [0.4, 0.5) is 10.1 Å². The largest absolute Gasteiger partial charge is 0.462 e. The quantitative estimate of drug-likeness (QED) is 0.753. The van der Waals surface area contributed by atoms with Crippen LogP contribution in [-0.2, 0) is 11.2 Å². The van der Waals surface area contributed by atoms with E-state index in [9.17, 15) is 9.59 Å². The first-order chi connectivity index (χ1) is 14.0. The molecule has 2 N–H and O–H groups in total. The van der Waals surface area contributed by atoms with Crippen molar-refractivity contribution in [3.8, 4) is 0 Å². The van der Waals surface area contributed by atoms with Crippen LogP contribution in [0.3, 0.4) is 0 Å². The SMILES string of the molecule is CCCc1c(N2CC[C@H](N)C2)c(F)cc2c(=O)c(C(=O)OCC)cn(C3CC3)c12. The highest BCUT2D eigenvalue weighted by atomic mass is 19.1. The third-order valence-corrected chi connectivity index (χ3v) is 5.82. The summed E-state index contributed by atoms with van der Waals surface area (Å²) >= 11 is 0. The first kappa shape index (κ1) is 19.9. The van der Waals surface area contributed by atoms with E-state index in [1.54, 1.807) is 13.1 Å². The molecule has 0 unspecified atom stereocenters. The van der Waals surface area contributed by atoms with Crippen molar-refractivity contribution in [2.45, 2.75) is 58.0 Å². The molecule has 4 rings (SSSR count). The molecule has 1 saturated heterocycles. The van der Waals surface area contributed by atoms with E-state index in [1.807, 2.05) is 16.4 Å². The minimum absolute atomic E-state index is 0.0240. The normalized spacial score (nSPS) is 19.2. The molecule has 156 valence electrons. The van der Waals surface area contributed by atoms with Crippen LogP contribution in [0.2, 0.25) is 0 Å². The van der Waals surface area contributed by atoms with Crippen molar-refractivity contribution in [1.29, 1.82) is 0 Å². The number of benzene rings is 1. The highest BCUT2D eigenvalue weighted by molar-refractivity contribution is 5.96. The van der Waals surface area contributed by atoms with E-state index in [2.05, 4.69) is 0 Å². The highest BCUT2D eigenvalue weighted by Gasteiger charge is 2.32. The van der Waals surface area contributed by atoms with Crippen molar-refractivity contribution in [1.82, 2.24) is 4.57 Å². The number of rotatable bonds is 6. The molecule has 2 fully saturated rings. The van der Waals surface area contributed by atoms with Gasteiger partial charge in [0.25, 0.3) is 0 Å². The molecule has 0 radical (unpaired) electrons. The van der Waals surface area contributed by atoms with Crippen LogP contribution in [0.1, 0.15) is 61.5 Å². The molecule has 1 saturated carbocycles. The van der Waals surface area contributed by atoms with Crippen molar-refractivity contribution in [3.63, 3.8) is 0 Å². The zero-order chi connectivity index (χ0) is 20.7. The van der Waals surface area contributed by atoms with Crippen molar-refractivity contribution < 1.29 is 13.9 Å². The molecular formula is C22H28FN3O3. The number of nitrogens with two attached hydrogens (primary N) is 1. The molecule has 1 aliphatic carbocycles. The molecule has 29 heavy (non-hydrogen) atoms. The molecule has 1 aromatic heterocycles. The molecule has 1 atom stereocenters. The van der Waals surface area contributed by atoms with Gasteiger partial charge in [0.1, 0.15) is 11.4 Å². The molecule has 0 spiro atoms. The Bertz CT molecular complexity index is 1010. The average molecular weight is 401 g/mol. The van der Waals surface area contributed by atoms with E-state index in [0.29, 0.717) is 25.2 Å². The first-order valence-electron chi connectivity index (χ1n) is 10.5. The van der Waals surface area contributed by atoms with Gasteiger partial charge in [0.05, 0.1) is 17.8 Å². The predicted molar refractivity (Wildman–Crippen MR) is 111 cm³/mol. The fourth-order valence-electron chi connectivity index (χ4n) is 4.37. The Morgan fingerprint density at radius 3 is 2.66 bits per heavy atom. The lowest BCUT2D eigenvalue weighted by atomic mass is 9.99. The summed E-state index contributed by atoms with van der Waals surface area (Å²) in [5, 5.41) is 0.260. The molecule has 2 aromatic rings. The van der Waals surface area contributed by atoms with Crippen molar-refractivity contribution in [3.05, 3.63) is 39.4 Å². The van der Waals surface area contributed by atoms with Gasteiger partial charge in [-0.15, -0.1) is 0 Å². The van der Waals surface area contributed by atoms with Gasteiger partial charge in [-0.3, -0.25) is 4.79 Å². The van der Waals surface area contributed by atoms with E-state index in [-0.39, 0.29) is 29.6 Å². The molecular weight excluding hydrogens is 373 g/mol. The number of aromatic nitrogens is 1. The topological polar surface area (TPSA) is 77.6 Å². The molecule has 6 nitrogen and oxygen atoms in total. The number of hydrogen-bond acceptors (Lipinski definition) is 5.